The highest BCUT2D eigenvalue weighted by molar-refractivity contribution is 5.97. The van der Waals surface area contributed by atoms with Crippen LogP contribution < -0.4 is 4.90 Å². The molecule has 1 amide bonds. The quantitative estimate of drug-likeness (QED) is 0.896. The number of likely N-dealkylation sites (tertiary alicyclic amines) is 1. The molecule has 1 aromatic carbocycles. The van der Waals surface area contributed by atoms with E-state index < -0.39 is 6.10 Å². The van der Waals surface area contributed by atoms with E-state index in [1.807, 2.05) is 11.0 Å². The summed E-state index contributed by atoms with van der Waals surface area (Å²) in [5.74, 6) is -0.511. The van der Waals surface area contributed by atoms with Crippen molar-refractivity contribution in [3.8, 4) is 6.07 Å². The van der Waals surface area contributed by atoms with Gasteiger partial charge in [-0.1, -0.05) is 0 Å². The molecule has 6 heteroatoms. The third-order valence-electron chi connectivity index (χ3n) is 3.95. The molecule has 2 atom stereocenters. The van der Waals surface area contributed by atoms with E-state index in [0.717, 1.165) is 0 Å². The van der Waals surface area contributed by atoms with Crippen molar-refractivity contribution in [1.29, 1.82) is 5.26 Å². The van der Waals surface area contributed by atoms with Gasteiger partial charge in [0.05, 0.1) is 24.6 Å². The molecule has 1 unspecified atom stereocenters. The second kappa shape index (κ2) is 7.34. The van der Waals surface area contributed by atoms with Crippen LogP contribution in [0.1, 0.15) is 19.8 Å². The molecular weight excluding hydrogens is 285 g/mol. The standard InChI is InChI=1S/C16H20FN3O2/c1-12(19-10-7-15(21)11-19)16(22)20(9-2-8-18)14-5-3-13(17)4-6-14/h3-6,12,15,21H,2,7,9-11H2,1H3/t12?,15-/m0/s1. The number of carbonyl (C=O) groups is 1. The van der Waals surface area contributed by atoms with E-state index in [4.69, 9.17) is 5.26 Å². The van der Waals surface area contributed by atoms with E-state index in [0.29, 0.717) is 25.2 Å². The van der Waals surface area contributed by atoms with Crippen LogP contribution in [0, 0.1) is 17.1 Å². The summed E-state index contributed by atoms with van der Waals surface area (Å²) in [4.78, 5) is 16.2. The fourth-order valence-corrected chi connectivity index (χ4v) is 2.65. The normalized spacial score (nSPS) is 19.6. The zero-order valence-corrected chi connectivity index (χ0v) is 12.6. The first-order valence-corrected chi connectivity index (χ1v) is 7.39. The first-order chi connectivity index (χ1) is 10.5. The molecule has 1 N–H and O–H groups in total. The van der Waals surface area contributed by atoms with Crippen LogP contribution in [0.2, 0.25) is 0 Å². The van der Waals surface area contributed by atoms with Gasteiger partial charge in [-0.15, -0.1) is 0 Å². The predicted molar refractivity (Wildman–Crippen MR) is 80.6 cm³/mol. The van der Waals surface area contributed by atoms with E-state index >= 15 is 0 Å². The molecule has 0 aromatic heterocycles. The van der Waals surface area contributed by atoms with Gasteiger partial charge in [-0.05, 0) is 37.6 Å². The summed E-state index contributed by atoms with van der Waals surface area (Å²) in [6, 6.07) is 7.31. The fraction of sp³-hybridized carbons (Fsp3) is 0.500. The molecule has 5 nitrogen and oxygen atoms in total. The van der Waals surface area contributed by atoms with Crippen molar-refractivity contribution in [2.24, 2.45) is 0 Å². The summed E-state index contributed by atoms with van der Waals surface area (Å²) < 4.78 is 13.1. The Morgan fingerprint density at radius 3 is 2.77 bits per heavy atom. The number of anilines is 1. The first kappa shape index (κ1) is 16.4. The summed E-state index contributed by atoms with van der Waals surface area (Å²) in [6.07, 6.45) is 0.471. The molecule has 2 rings (SSSR count). The number of hydrogen-bond donors (Lipinski definition) is 1. The second-order valence-electron chi connectivity index (χ2n) is 5.49. The minimum Gasteiger partial charge on any atom is -0.392 e. The van der Waals surface area contributed by atoms with Crippen molar-refractivity contribution in [2.75, 3.05) is 24.5 Å². The van der Waals surface area contributed by atoms with Gasteiger partial charge in [0.1, 0.15) is 5.82 Å². The fourth-order valence-electron chi connectivity index (χ4n) is 2.65. The molecule has 1 aliphatic heterocycles. The van der Waals surface area contributed by atoms with E-state index in [2.05, 4.69) is 0 Å². The van der Waals surface area contributed by atoms with Gasteiger partial charge in [-0.25, -0.2) is 4.39 Å². The summed E-state index contributed by atoms with van der Waals surface area (Å²) in [5.41, 5.74) is 0.577. The maximum absolute atomic E-state index is 13.1. The number of hydrogen-bond acceptors (Lipinski definition) is 4. The Morgan fingerprint density at radius 1 is 1.55 bits per heavy atom. The third kappa shape index (κ3) is 3.81. The zero-order valence-electron chi connectivity index (χ0n) is 12.6. The molecule has 118 valence electrons. The lowest BCUT2D eigenvalue weighted by molar-refractivity contribution is -0.123. The summed E-state index contributed by atoms with van der Waals surface area (Å²) in [7, 11) is 0. The summed E-state index contributed by atoms with van der Waals surface area (Å²) >= 11 is 0. The zero-order chi connectivity index (χ0) is 16.1. The molecule has 22 heavy (non-hydrogen) atoms. The number of nitrogens with zero attached hydrogens (tertiary/aromatic N) is 3. The molecule has 0 bridgehead atoms. The highest BCUT2D eigenvalue weighted by atomic mass is 19.1. The summed E-state index contributed by atoms with van der Waals surface area (Å²) in [6.45, 7) is 3.21. The highest BCUT2D eigenvalue weighted by Crippen LogP contribution is 2.20. The van der Waals surface area contributed by atoms with Gasteiger partial charge in [0, 0.05) is 25.3 Å². The Bertz CT molecular complexity index is 556. The molecule has 1 aliphatic rings. The van der Waals surface area contributed by atoms with Gasteiger partial charge in [-0.2, -0.15) is 5.26 Å². The molecule has 1 aromatic rings. The third-order valence-corrected chi connectivity index (χ3v) is 3.95. The lowest BCUT2D eigenvalue weighted by atomic mass is 10.2. The number of β-amino-alcohol motifs (C(OH)–C–C–N with tert-alkyl or cyclic N) is 1. The SMILES string of the molecule is CC(C(=O)N(CCC#N)c1ccc(F)cc1)N1CC[C@H](O)C1. The molecule has 1 fully saturated rings. The summed E-state index contributed by atoms with van der Waals surface area (Å²) in [5, 5.41) is 18.4. The van der Waals surface area contributed by atoms with Gasteiger partial charge < -0.3 is 10.0 Å². The van der Waals surface area contributed by atoms with Crippen molar-refractivity contribution in [1.82, 2.24) is 4.90 Å². The van der Waals surface area contributed by atoms with Crippen molar-refractivity contribution in [3.63, 3.8) is 0 Å². The number of halogens is 1. The van der Waals surface area contributed by atoms with Crippen LogP contribution in [0.25, 0.3) is 0 Å². The van der Waals surface area contributed by atoms with Gasteiger partial charge in [0.2, 0.25) is 5.91 Å². The van der Waals surface area contributed by atoms with E-state index in [9.17, 15) is 14.3 Å². The Kier molecular flexibility index (Phi) is 5.47. The van der Waals surface area contributed by atoms with Crippen LogP contribution in [0.15, 0.2) is 24.3 Å². The number of nitriles is 1. The number of carbonyl (C=O) groups excluding carboxylic acids is 1. The number of aliphatic hydroxyl groups excluding tert-OH is 1. The van der Waals surface area contributed by atoms with E-state index in [-0.39, 0.29) is 30.7 Å². The van der Waals surface area contributed by atoms with Crippen LogP contribution in [0.4, 0.5) is 10.1 Å². The van der Waals surface area contributed by atoms with Crippen LogP contribution in [-0.4, -0.2) is 47.7 Å². The number of aliphatic hydroxyl groups is 1. The molecule has 0 radical (unpaired) electrons. The molecular formula is C16H20FN3O2. The van der Waals surface area contributed by atoms with Crippen LogP contribution >= 0.6 is 0 Å². The van der Waals surface area contributed by atoms with E-state index in [1.54, 1.807) is 6.92 Å². The van der Waals surface area contributed by atoms with Crippen LogP contribution in [0.3, 0.4) is 0 Å². The van der Waals surface area contributed by atoms with Gasteiger partial charge in [-0.3, -0.25) is 9.69 Å². The van der Waals surface area contributed by atoms with Gasteiger partial charge in [0.25, 0.3) is 0 Å². The minimum absolute atomic E-state index is 0.143. The second-order valence-corrected chi connectivity index (χ2v) is 5.49. The van der Waals surface area contributed by atoms with Gasteiger partial charge in [0.15, 0.2) is 0 Å². The van der Waals surface area contributed by atoms with E-state index in [1.165, 1.54) is 29.2 Å². The molecule has 1 saturated heterocycles. The van der Waals surface area contributed by atoms with Crippen LogP contribution in [0.5, 0.6) is 0 Å². The number of amides is 1. The van der Waals surface area contributed by atoms with Crippen LogP contribution in [-0.2, 0) is 4.79 Å². The maximum Gasteiger partial charge on any atom is 0.244 e. The number of rotatable bonds is 5. The smallest absolute Gasteiger partial charge is 0.244 e. The topological polar surface area (TPSA) is 67.6 Å². The Balaban J connectivity index is 2.15. The van der Waals surface area contributed by atoms with Crippen molar-refractivity contribution in [3.05, 3.63) is 30.1 Å². The first-order valence-electron chi connectivity index (χ1n) is 7.39. The Labute approximate surface area is 129 Å². The maximum atomic E-state index is 13.1. The average Bonchev–Trinajstić information content (AvgIpc) is 2.95. The Hall–Kier alpha value is -1.97. The lowest BCUT2D eigenvalue weighted by Crippen LogP contribution is -2.47. The van der Waals surface area contributed by atoms with Gasteiger partial charge >= 0.3 is 0 Å². The lowest BCUT2D eigenvalue weighted by Gasteiger charge is -2.30. The largest absolute Gasteiger partial charge is 0.392 e. The monoisotopic (exact) mass is 305 g/mol. The average molecular weight is 305 g/mol. The molecule has 0 saturated carbocycles. The highest BCUT2D eigenvalue weighted by Gasteiger charge is 2.31. The molecule has 1 heterocycles. The predicted octanol–water partition coefficient (Wildman–Crippen LogP) is 1.53. The van der Waals surface area contributed by atoms with Crippen molar-refractivity contribution >= 4 is 11.6 Å². The minimum atomic E-state index is -0.395. The molecule has 0 spiro atoms. The Morgan fingerprint density at radius 2 is 2.23 bits per heavy atom. The number of benzene rings is 1. The van der Waals surface area contributed by atoms with Crippen molar-refractivity contribution < 1.29 is 14.3 Å². The molecule has 0 aliphatic carbocycles. The van der Waals surface area contributed by atoms with Crippen molar-refractivity contribution in [2.45, 2.75) is 31.9 Å².